The average molecular weight is 251 g/mol. The molecule has 1 N–H and O–H groups in total. The molecule has 0 aliphatic heterocycles. The minimum absolute atomic E-state index is 0.00680. The number of rotatable bonds is 8. The highest BCUT2D eigenvalue weighted by Gasteiger charge is 2.18. The monoisotopic (exact) mass is 251 g/mol. The number of aromatic nitrogens is 2. The van der Waals surface area contributed by atoms with Crippen LogP contribution in [0.25, 0.3) is 0 Å². The van der Waals surface area contributed by atoms with Crippen LogP contribution in [0, 0.1) is 5.92 Å². The van der Waals surface area contributed by atoms with Crippen molar-refractivity contribution in [3.63, 3.8) is 0 Å². The maximum Gasteiger partial charge on any atom is 0.157 e. The zero-order valence-electron chi connectivity index (χ0n) is 11.9. The van der Waals surface area contributed by atoms with E-state index in [4.69, 9.17) is 4.74 Å². The van der Waals surface area contributed by atoms with Crippen LogP contribution in [0.15, 0.2) is 12.4 Å². The van der Waals surface area contributed by atoms with Crippen LogP contribution in [0.5, 0.6) is 0 Å². The Hall–Kier alpha value is -1.00. The van der Waals surface area contributed by atoms with Gasteiger partial charge in [0.25, 0.3) is 0 Å². The van der Waals surface area contributed by atoms with Crippen LogP contribution in [0.4, 0.5) is 0 Å². The van der Waals surface area contributed by atoms with Crippen LogP contribution in [0.2, 0.25) is 0 Å². The van der Waals surface area contributed by atoms with E-state index in [1.54, 1.807) is 0 Å². The molecule has 0 fully saturated rings. The van der Waals surface area contributed by atoms with Gasteiger partial charge >= 0.3 is 0 Å². The summed E-state index contributed by atoms with van der Waals surface area (Å²) in [7, 11) is 0. The van der Waals surface area contributed by atoms with Gasteiger partial charge in [-0.3, -0.25) is 0 Å². The Morgan fingerprint density at radius 1 is 1.22 bits per heavy atom. The summed E-state index contributed by atoms with van der Waals surface area (Å²) in [4.78, 5) is 8.84. The van der Waals surface area contributed by atoms with Crippen LogP contribution in [-0.2, 0) is 11.3 Å². The predicted octanol–water partition coefficient (Wildman–Crippen LogP) is 2.71. The average Bonchev–Trinajstić information content (AvgIpc) is 2.37. The van der Waals surface area contributed by atoms with Gasteiger partial charge in [-0.2, -0.15) is 0 Å². The Morgan fingerprint density at radius 3 is 2.39 bits per heavy atom. The van der Waals surface area contributed by atoms with Gasteiger partial charge in [0.2, 0.25) is 0 Å². The Morgan fingerprint density at radius 2 is 1.89 bits per heavy atom. The molecule has 1 atom stereocenters. The SMILES string of the molecule is CCCNCc1cnc(C(OCC)C(C)C)nc1. The van der Waals surface area contributed by atoms with Crippen LogP contribution < -0.4 is 5.32 Å². The molecule has 0 aliphatic carbocycles. The summed E-state index contributed by atoms with van der Waals surface area (Å²) in [5.74, 6) is 1.17. The van der Waals surface area contributed by atoms with Crippen molar-refractivity contribution in [3.05, 3.63) is 23.8 Å². The molecule has 0 spiro atoms. The lowest BCUT2D eigenvalue weighted by atomic mass is 10.1. The highest BCUT2D eigenvalue weighted by molar-refractivity contribution is 5.06. The number of hydrogen-bond donors (Lipinski definition) is 1. The van der Waals surface area contributed by atoms with Gasteiger partial charge < -0.3 is 10.1 Å². The summed E-state index contributed by atoms with van der Waals surface area (Å²) in [6, 6.07) is 0. The molecule has 1 rings (SSSR count). The number of hydrogen-bond acceptors (Lipinski definition) is 4. The van der Waals surface area contributed by atoms with Gasteiger partial charge in [-0.25, -0.2) is 9.97 Å². The summed E-state index contributed by atoms with van der Waals surface area (Å²) < 4.78 is 5.69. The third kappa shape index (κ3) is 4.70. The molecular weight excluding hydrogens is 226 g/mol. The molecule has 0 bridgehead atoms. The van der Waals surface area contributed by atoms with Crippen molar-refractivity contribution in [2.75, 3.05) is 13.2 Å². The molecule has 0 radical (unpaired) electrons. The molecule has 0 aliphatic rings. The second-order valence-corrected chi connectivity index (χ2v) is 4.75. The van der Waals surface area contributed by atoms with E-state index in [0.29, 0.717) is 12.5 Å². The molecule has 1 unspecified atom stereocenters. The Balaban J connectivity index is 2.62. The fourth-order valence-corrected chi connectivity index (χ4v) is 1.76. The van der Waals surface area contributed by atoms with Crippen molar-refractivity contribution in [1.29, 1.82) is 0 Å². The molecule has 4 nitrogen and oxygen atoms in total. The van der Waals surface area contributed by atoms with Crippen molar-refractivity contribution in [2.45, 2.75) is 46.8 Å². The molecule has 1 heterocycles. The summed E-state index contributed by atoms with van der Waals surface area (Å²) in [5.41, 5.74) is 1.12. The van der Waals surface area contributed by atoms with Crippen LogP contribution in [-0.4, -0.2) is 23.1 Å². The van der Waals surface area contributed by atoms with Crippen molar-refractivity contribution in [2.24, 2.45) is 5.92 Å². The molecule has 0 saturated carbocycles. The van der Waals surface area contributed by atoms with E-state index in [9.17, 15) is 0 Å². The molecule has 1 aromatic rings. The molecule has 1 aromatic heterocycles. The first-order valence-corrected chi connectivity index (χ1v) is 6.82. The molecule has 4 heteroatoms. The maximum absolute atomic E-state index is 5.69. The quantitative estimate of drug-likeness (QED) is 0.722. The van der Waals surface area contributed by atoms with E-state index < -0.39 is 0 Å². The van der Waals surface area contributed by atoms with E-state index >= 15 is 0 Å². The molecule has 18 heavy (non-hydrogen) atoms. The molecule has 0 saturated heterocycles. The highest BCUT2D eigenvalue weighted by Crippen LogP contribution is 2.22. The normalized spacial score (nSPS) is 12.9. The van der Waals surface area contributed by atoms with Gasteiger partial charge in [0, 0.05) is 31.1 Å². The minimum Gasteiger partial charge on any atom is -0.370 e. The number of nitrogens with zero attached hydrogens (tertiary/aromatic N) is 2. The van der Waals surface area contributed by atoms with E-state index in [1.165, 1.54) is 0 Å². The minimum atomic E-state index is -0.00680. The Labute approximate surface area is 110 Å². The largest absolute Gasteiger partial charge is 0.370 e. The first kappa shape index (κ1) is 15.1. The lowest BCUT2D eigenvalue weighted by Gasteiger charge is -2.19. The fourth-order valence-electron chi connectivity index (χ4n) is 1.76. The highest BCUT2D eigenvalue weighted by atomic mass is 16.5. The van der Waals surface area contributed by atoms with Gasteiger partial charge in [-0.15, -0.1) is 0 Å². The first-order chi connectivity index (χ1) is 8.69. The molecular formula is C14H25N3O. The molecule has 0 amide bonds. The van der Waals surface area contributed by atoms with Crippen molar-refractivity contribution < 1.29 is 4.74 Å². The van der Waals surface area contributed by atoms with E-state index in [1.807, 2.05) is 19.3 Å². The second-order valence-electron chi connectivity index (χ2n) is 4.75. The van der Waals surface area contributed by atoms with Crippen molar-refractivity contribution >= 4 is 0 Å². The van der Waals surface area contributed by atoms with E-state index in [2.05, 4.69) is 36.1 Å². The van der Waals surface area contributed by atoms with E-state index in [-0.39, 0.29) is 6.10 Å². The van der Waals surface area contributed by atoms with E-state index in [0.717, 1.165) is 30.9 Å². The van der Waals surface area contributed by atoms with Gasteiger partial charge in [0.1, 0.15) is 6.10 Å². The zero-order chi connectivity index (χ0) is 13.4. The third-order valence-corrected chi connectivity index (χ3v) is 2.69. The van der Waals surface area contributed by atoms with Gasteiger partial charge in [-0.05, 0) is 25.8 Å². The fraction of sp³-hybridized carbons (Fsp3) is 0.714. The summed E-state index contributed by atoms with van der Waals surface area (Å²) in [5, 5.41) is 3.34. The smallest absolute Gasteiger partial charge is 0.157 e. The van der Waals surface area contributed by atoms with Crippen LogP contribution in [0.3, 0.4) is 0 Å². The number of ether oxygens (including phenoxy) is 1. The maximum atomic E-state index is 5.69. The summed E-state index contributed by atoms with van der Waals surface area (Å²) in [6.45, 7) is 10.9. The topological polar surface area (TPSA) is 47.0 Å². The Kier molecular flexibility index (Phi) is 6.83. The second kappa shape index (κ2) is 8.16. The lowest BCUT2D eigenvalue weighted by Crippen LogP contribution is -2.17. The van der Waals surface area contributed by atoms with Crippen LogP contribution >= 0.6 is 0 Å². The standard InChI is InChI=1S/C14H25N3O/c1-5-7-15-8-12-9-16-14(17-10-12)13(11(3)4)18-6-2/h9-11,13,15H,5-8H2,1-4H3. The molecule has 0 aromatic carbocycles. The zero-order valence-corrected chi connectivity index (χ0v) is 11.9. The van der Waals surface area contributed by atoms with Crippen LogP contribution in [0.1, 0.15) is 51.6 Å². The van der Waals surface area contributed by atoms with Gasteiger partial charge in [-0.1, -0.05) is 20.8 Å². The third-order valence-electron chi connectivity index (χ3n) is 2.69. The number of nitrogens with one attached hydrogen (secondary N) is 1. The Bertz CT molecular complexity index is 324. The first-order valence-electron chi connectivity index (χ1n) is 6.82. The predicted molar refractivity (Wildman–Crippen MR) is 73.2 cm³/mol. The summed E-state index contributed by atoms with van der Waals surface area (Å²) in [6.07, 6.45) is 4.91. The van der Waals surface area contributed by atoms with Crippen molar-refractivity contribution in [1.82, 2.24) is 15.3 Å². The van der Waals surface area contributed by atoms with Gasteiger partial charge in [0.15, 0.2) is 5.82 Å². The van der Waals surface area contributed by atoms with Crippen molar-refractivity contribution in [3.8, 4) is 0 Å². The lowest BCUT2D eigenvalue weighted by molar-refractivity contribution is 0.0231. The summed E-state index contributed by atoms with van der Waals surface area (Å²) >= 11 is 0. The molecule has 102 valence electrons. The van der Waals surface area contributed by atoms with Gasteiger partial charge in [0.05, 0.1) is 0 Å².